The van der Waals surface area contributed by atoms with Crippen molar-refractivity contribution in [1.82, 2.24) is 4.98 Å². The molecule has 0 aliphatic rings. The van der Waals surface area contributed by atoms with E-state index in [0.29, 0.717) is 5.69 Å². The molecule has 0 bridgehead atoms. The van der Waals surface area contributed by atoms with Gasteiger partial charge in [0.2, 0.25) is 0 Å². The van der Waals surface area contributed by atoms with Crippen molar-refractivity contribution >= 4 is 16.9 Å². The lowest BCUT2D eigenvalue weighted by Crippen LogP contribution is -2.00. The zero-order valence-electron chi connectivity index (χ0n) is 5.90. The van der Waals surface area contributed by atoms with Crippen molar-refractivity contribution in [1.29, 1.82) is 0 Å². The summed E-state index contributed by atoms with van der Waals surface area (Å²) >= 11 is -2.29. The highest BCUT2D eigenvalue weighted by atomic mass is 32.2. The van der Waals surface area contributed by atoms with Crippen molar-refractivity contribution in [3.05, 3.63) is 17.8 Å². The van der Waals surface area contributed by atoms with Gasteiger partial charge in [0.1, 0.15) is 5.82 Å². The SMILES string of the molecule is Cc1ccc(S(=O)[O-])c(N)n1. The standard InChI is InChI=1S/C6H8N2O2S/c1-4-2-3-5(11(9)10)6(7)8-4/h2-3H,1H3,(H2,7,8)(H,9,10)/p-1. The molecular weight excluding hydrogens is 164 g/mol. The van der Waals surface area contributed by atoms with Crippen LogP contribution in [0, 0.1) is 6.92 Å². The van der Waals surface area contributed by atoms with Crippen molar-refractivity contribution < 1.29 is 8.76 Å². The van der Waals surface area contributed by atoms with Gasteiger partial charge in [0.05, 0.1) is 4.90 Å². The molecule has 0 aliphatic carbocycles. The molecule has 0 saturated carbocycles. The fourth-order valence-corrected chi connectivity index (χ4v) is 1.10. The van der Waals surface area contributed by atoms with E-state index in [2.05, 4.69) is 4.98 Å². The third-order valence-electron chi connectivity index (χ3n) is 1.20. The van der Waals surface area contributed by atoms with Crippen molar-refractivity contribution in [3.63, 3.8) is 0 Å². The first-order valence-electron chi connectivity index (χ1n) is 2.93. The van der Waals surface area contributed by atoms with E-state index in [-0.39, 0.29) is 10.7 Å². The van der Waals surface area contributed by atoms with E-state index < -0.39 is 11.1 Å². The van der Waals surface area contributed by atoms with Crippen molar-refractivity contribution in [2.24, 2.45) is 0 Å². The monoisotopic (exact) mass is 171 g/mol. The Morgan fingerprint density at radius 2 is 2.27 bits per heavy atom. The number of aryl methyl sites for hydroxylation is 1. The third kappa shape index (κ3) is 1.75. The van der Waals surface area contributed by atoms with Crippen molar-refractivity contribution in [3.8, 4) is 0 Å². The van der Waals surface area contributed by atoms with Gasteiger partial charge in [-0.1, -0.05) is 0 Å². The largest absolute Gasteiger partial charge is 0.768 e. The number of anilines is 1. The maximum Gasteiger partial charge on any atom is 0.138 e. The van der Waals surface area contributed by atoms with Gasteiger partial charge < -0.3 is 10.3 Å². The molecule has 5 heteroatoms. The second kappa shape index (κ2) is 2.98. The molecule has 1 rings (SSSR count). The van der Waals surface area contributed by atoms with E-state index in [9.17, 15) is 8.76 Å². The molecule has 1 aromatic rings. The molecule has 0 aliphatic heterocycles. The van der Waals surface area contributed by atoms with E-state index in [0.717, 1.165) is 0 Å². The van der Waals surface area contributed by atoms with E-state index in [1.165, 1.54) is 6.07 Å². The first-order valence-corrected chi connectivity index (χ1v) is 4.01. The minimum Gasteiger partial charge on any atom is -0.768 e. The quantitative estimate of drug-likeness (QED) is 0.612. The molecule has 1 unspecified atom stereocenters. The Balaban J connectivity index is 3.20. The highest BCUT2D eigenvalue weighted by molar-refractivity contribution is 7.79. The maximum atomic E-state index is 10.4. The van der Waals surface area contributed by atoms with Crippen LogP contribution in [-0.4, -0.2) is 13.7 Å². The summed E-state index contributed by atoms with van der Waals surface area (Å²) in [5, 5.41) is 0. The molecule has 2 N–H and O–H groups in total. The average molecular weight is 171 g/mol. The number of rotatable bonds is 1. The Hall–Kier alpha value is -0.940. The first-order chi connectivity index (χ1) is 5.11. The predicted octanol–water partition coefficient (Wildman–Crippen LogP) is 0.210. The van der Waals surface area contributed by atoms with E-state index in [1.807, 2.05) is 0 Å². The van der Waals surface area contributed by atoms with Gasteiger partial charge in [-0.15, -0.1) is 0 Å². The summed E-state index contributed by atoms with van der Waals surface area (Å²) in [5.41, 5.74) is 6.02. The summed E-state index contributed by atoms with van der Waals surface area (Å²) in [4.78, 5) is 3.83. The number of hydrogen-bond acceptors (Lipinski definition) is 4. The van der Waals surface area contributed by atoms with Gasteiger partial charge in [-0.3, -0.25) is 4.21 Å². The smallest absolute Gasteiger partial charge is 0.138 e. The van der Waals surface area contributed by atoms with E-state index in [4.69, 9.17) is 5.73 Å². The first kappa shape index (κ1) is 8.16. The number of aromatic nitrogens is 1. The zero-order valence-corrected chi connectivity index (χ0v) is 6.72. The van der Waals surface area contributed by atoms with E-state index >= 15 is 0 Å². The van der Waals surface area contributed by atoms with Crippen LogP contribution in [-0.2, 0) is 11.1 Å². The second-order valence-corrected chi connectivity index (χ2v) is 2.98. The Labute approximate surface area is 66.7 Å². The lowest BCUT2D eigenvalue weighted by molar-refractivity contribution is 0.537. The Kier molecular flexibility index (Phi) is 2.21. The molecule has 0 spiro atoms. The summed E-state index contributed by atoms with van der Waals surface area (Å²) in [5.74, 6) is 0.0540. The van der Waals surface area contributed by atoms with E-state index in [1.54, 1.807) is 13.0 Å². The number of nitrogen functional groups attached to an aromatic ring is 1. The zero-order chi connectivity index (χ0) is 8.43. The summed E-state index contributed by atoms with van der Waals surface area (Å²) in [6, 6.07) is 3.03. The van der Waals surface area contributed by atoms with Crippen LogP contribution >= 0.6 is 0 Å². The molecule has 1 aromatic heterocycles. The van der Waals surface area contributed by atoms with Crippen LogP contribution in [0.2, 0.25) is 0 Å². The Morgan fingerprint density at radius 3 is 2.73 bits per heavy atom. The summed E-state index contributed by atoms with van der Waals surface area (Å²) in [6.45, 7) is 1.74. The molecule has 0 saturated heterocycles. The van der Waals surface area contributed by atoms with Crippen molar-refractivity contribution in [2.45, 2.75) is 11.8 Å². The molecule has 0 radical (unpaired) electrons. The molecular formula is C6H7N2O2S-. The van der Waals surface area contributed by atoms with Crippen LogP contribution in [0.25, 0.3) is 0 Å². The fraction of sp³-hybridized carbons (Fsp3) is 0.167. The molecule has 0 aromatic carbocycles. The van der Waals surface area contributed by atoms with Gasteiger partial charge >= 0.3 is 0 Å². The van der Waals surface area contributed by atoms with Crippen LogP contribution in [0.1, 0.15) is 5.69 Å². The summed E-state index contributed by atoms with van der Waals surface area (Å²) in [7, 11) is 0. The van der Waals surface area contributed by atoms with Crippen LogP contribution in [0.4, 0.5) is 5.82 Å². The fourth-order valence-electron chi connectivity index (χ4n) is 0.705. The highest BCUT2D eigenvalue weighted by Crippen LogP contribution is 2.12. The molecule has 60 valence electrons. The molecule has 1 heterocycles. The highest BCUT2D eigenvalue weighted by Gasteiger charge is 1.99. The Morgan fingerprint density at radius 1 is 1.64 bits per heavy atom. The molecule has 1 atom stereocenters. The minimum atomic E-state index is -2.29. The van der Waals surface area contributed by atoms with Crippen LogP contribution < -0.4 is 5.73 Å². The van der Waals surface area contributed by atoms with Gasteiger partial charge in [0.25, 0.3) is 0 Å². The van der Waals surface area contributed by atoms with Gasteiger partial charge in [0.15, 0.2) is 0 Å². The number of nitrogens with zero attached hydrogens (tertiary/aromatic N) is 1. The predicted molar refractivity (Wildman–Crippen MR) is 40.6 cm³/mol. The second-order valence-electron chi connectivity index (χ2n) is 2.07. The van der Waals surface area contributed by atoms with Gasteiger partial charge in [-0.25, -0.2) is 4.98 Å². The van der Waals surface area contributed by atoms with Crippen molar-refractivity contribution in [2.75, 3.05) is 5.73 Å². The van der Waals surface area contributed by atoms with Crippen LogP contribution in [0.5, 0.6) is 0 Å². The van der Waals surface area contributed by atoms with Gasteiger partial charge in [0, 0.05) is 5.69 Å². The average Bonchev–Trinajstić information content (AvgIpc) is 1.85. The normalized spacial score (nSPS) is 12.9. The minimum absolute atomic E-state index is 0.0515. The lowest BCUT2D eigenvalue weighted by atomic mass is 10.4. The number of hydrogen-bond donors (Lipinski definition) is 1. The molecule has 0 amide bonds. The topological polar surface area (TPSA) is 79.0 Å². The molecule has 11 heavy (non-hydrogen) atoms. The maximum absolute atomic E-state index is 10.4. The summed E-state index contributed by atoms with van der Waals surface area (Å²) in [6.07, 6.45) is 0. The van der Waals surface area contributed by atoms with Crippen LogP contribution in [0.3, 0.4) is 0 Å². The summed E-state index contributed by atoms with van der Waals surface area (Å²) < 4.78 is 20.8. The molecule has 0 fully saturated rings. The number of nitrogens with two attached hydrogens (primary N) is 1. The van der Waals surface area contributed by atoms with Gasteiger partial charge in [-0.2, -0.15) is 0 Å². The number of pyridine rings is 1. The third-order valence-corrected chi connectivity index (χ3v) is 1.91. The molecule has 4 nitrogen and oxygen atoms in total. The lowest BCUT2D eigenvalue weighted by Gasteiger charge is -2.07. The Bertz CT molecular complexity index is 301. The van der Waals surface area contributed by atoms with Gasteiger partial charge in [-0.05, 0) is 30.1 Å². The van der Waals surface area contributed by atoms with Crippen LogP contribution in [0.15, 0.2) is 17.0 Å².